The number of aryl methyl sites for hydroxylation is 3. The Balaban J connectivity index is 1.82. The van der Waals surface area contributed by atoms with Crippen LogP contribution in [-0.4, -0.2) is 46.3 Å². The number of amides is 1. The molecule has 31 heavy (non-hydrogen) atoms. The van der Waals surface area contributed by atoms with Crippen LogP contribution < -0.4 is 5.32 Å². The third-order valence-electron chi connectivity index (χ3n) is 5.21. The second kappa shape index (κ2) is 9.57. The highest BCUT2D eigenvalue weighted by Gasteiger charge is 2.23. The molecule has 166 valence electrons. The largest absolute Gasteiger partial charge is 0.328 e. The van der Waals surface area contributed by atoms with Gasteiger partial charge in [0.2, 0.25) is 15.9 Å². The van der Waals surface area contributed by atoms with Gasteiger partial charge in [-0.1, -0.05) is 13.8 Å². The molecule has 0 aliphatic rings. The van der Waals surface area contributed by atoms with E-state index in [0.29, 0.717) is 37.3 Å². The Labute approximate surface area is 183 Å². The van der Waals surface area contributed by atoms with Gasteiger partial charge in [-0.25, -0.2) is 13.4 Å². The molecule has 0 saturated carbocycles. The summed E-state index contributed by atoms with van der Waals surface area (Å²) in [5.74, 6) is 0.654. The maximum atomic E-state index is 12.8. The van der Waals surface area contributed by atoms with E-state index in [2.05, 4.69) is 15.3 Å². The van der Waals surface area contributed by atoms with Crippen molar-refractivity contribution >= 4 is 32.7 Å². The Morgan fingerprint density at radius 2 is 1.87 bits per heavy atom. The Kier molecular flexibility index (Phi) is 7.07. The lowest BCUT2D eigenvalue weighted by Gasteiger charge is -2.18. The van der Waals surface area contributed by atoms with Crippen LogP contribution in [0.3, 0.4) is 0 Å². The minimum atomic E-state index is -3.55. The van der Waals surface area contributed by atoms with Gasteiger partial charge in [0, 0.05) is 50.1 Å². The fourth-order valence-electron chi connectivity index (χ4n) is 3.65. The number of carbonyl (C=O) groups excluding carboxylic acids is 1. The smallest absolute Gasteiger partial charge is 0.243 e. The first-order valence-corrected chi connectivity index (χ1v) is 12.0. The zero-order valence-corrected chi connectivity index (χ0v) is 19.2. The van der Waals surface area contributed by atoms with Gasteiger partial charge in [-0.3, -0.25) is 9.78 Å². The highest BCUT2D eigenvalue weighted by Crippen LogP contribution is 2.23. The summed E-state index contributed by atoms with van der Waals surface area (Å²) in [7, 11) is -3.55. The molecule has 2 heterocycles. The third kappa shape index (κ3) is 4.94. The monoisotopic (exact) mass is 443 g/mol. The quantitative estimate of drug-likeness (QED) is 0.547. The number of nitrogens with one attached hydrogen (secondary N) is 1. The SMILES string of the molecule is CCN(CC)S(=O)(=O)c1ccc2c(c1)nc(CCC(=O)Nc1ccnc(C)c1)n2CC. The molecule has 0 bridgehead atoms. The molecule has 0 aliphatic heterocycles. The van der Waals surface area contributed by atoms with E-state index in [1.165, 1.54) is 4.31 Å². The summed E-state index contributed by atoms with van der Waals surface area (Å²) in [4.78, 5) is 21.4. The van der Waals surface area contributed by atoms with E-state index in [0.717, 1.165) is 17.0 Å². The van der Waals surface area contributed by atoms with E-state index in [4.69, 9.17) is 0 Å². The summed E-state index contributed by atoms with van der Waals surface area (Å²) in [6, 6.07) is 8.62. The molecule has 0 fully saturated rings. The number of aromatic nitrogens is 3. The molecule has 0 saturated heterocycles. The number of nitrogens with zero attached hydrogens (tertiary/aromatic N) is 4. The summed E-state index contributed by atoms with van der Waals surface area (Å²) in [5, 5.41) is 2.88. The first-order valence-electron chi connectivity index (χ1n) is 10.5. The first-order chi connectivity index (χ1) is 14.8. The summed E-state index contributed by atoms with van der Waals surface area (Å²) in [6.45, 7) is 9.02. The number of anilines is 1. The third-order valence-corrected chi connectivity index (χ3v) is 7.26. The van der Waals surface area contributed by atoms with Crippen LogP contribution in [-0.2, 0) is 27.8 Å². The molecule has 0 atom stereocenters. The van der Waals surface area contributed by atoms with Crippen molar-refractivity contribution in [3.05, 3.63) is 48.0 Å². The van der Waals surface area contributed by atoms with Crippen molar-refractivity contribution < 1.29 is 13.2 Å². The van der Waals surface area contributed by atoms with Gasteiger partial charge in [0.15, 0.2) is 0 Å². The number of fused-ring (bicyclic) bond motifs is 1. The number of rotatable bonds is 9. The molecular formula is C22H29N5O3S. The molecule has 3 rings (SSSR count). The fraction of sp³-hybridized carbons (Fsp3) is 0.409. The topological polar surface area (TPSA) is 97.2 Å². The number of pyridine rings is 1. The van der Waals surface area contributed by atoms with E-state index >= 15 is 0 Å². The van der Waals surface area contributed by atoms with E-state index < -0.39 is 10.0 Å². The van der Waals surface area contributed by atoms with Crippen molar-refractivity contribution in [3.8, 4) is 0 Å². The van der Waals surface area contributed by atoms with Crippen LogP contribution in [0.25, 0.3) is 11.0 Å². The van der Waals surface area contributed by atoms with Crippen molar-refractivity contribution in [1.29, 1.82) is 0 Å². The highest BCUT2D eigenvalue weighted by molar-refractivity contribution is 7.89. The van der Waals surface area contributed by atoms with Crippen molar-refractivity contribution in [2.45, 2.75) is 52.0 Å². The van der Waals surface area contributed by atoms with Crippen LogP contribution in [0.5, 0.6) is 0 Å². The zero-order valence-electron chi connectivity index (χ0n) is 18.4. The van der Waals surface area contributed by atoms with Gasteiger partial charge in [0.25, 0.3) is 0 Å². The number of hydrogen-bond donors (Lipinski definition) is 1. The van der Waals surface area contributed by atoms with Gasteiger partial charge in [-0.15, -0.1) is 0 Å². The first kappa shape index (κ1) is 22.9. The number of hydrogen-bond acceptors (Lipinski definition) is 5. The lowest BCUT2D eigenvalue weighted by atomic mass is 10.2. The Bertz CT molecular complexity index is 1180. The predicted molar refractivity (Wildman–Crippen MR) is 121 cm³/mol. The fourth-order valence-corrected chi connectivity index (χ4v) is 5.13. The molecule has 0 unspecified atom stereocenters. The van der Waals surface area contributed by atoms with Crippen LogP contribution in [0, 0.1) is 6.92 Å². The summed E-state index contributed by atoms with van der Waals surface area (Å²) in [6.07, 6.45) is 2.39. The van der Waals surface area contributed by atoms with E-state index in [1.54, 1.807) is 30.5 Å². The molecule has 0 radical (unpaired) electrons. The van der Waals surface area contributed by atoms with Crippen LogP contribution in [0.1, 0.15) is 38.7 Å². The maximum Gasteiger partial charge on any atom is 0.243 e. The molecule has 8 nitrogen and oxygen atoms in total. The Morgan fingerprint density at radius 3 is 2.52 bits per heavy atom. The van der Waals surface area contributed by atoms with Gasteiger partial charge in [-0.05, 0) is 44.2 Å². The van der Waals surface area contributed by atoms with Crippen molar-refractivity contribution in [2.24, 2.45) is 0 Å². The van der Waals surface area contributed by atoms with Crippen molar-refractivity contribution in [1.82, 2.24) is 18.8 Å². The number of sulfonamides is 1. The Hall–Kier alpha value is -2.78. The molecule has 0 spiro atoms. The lowest BCUT2D eigenvalue weighted by molar-refractivity contribution is -0.116. The minimum absolute atomic E-state index is 0.106. The summed E-state index contributed by atoms with van der Waals surface area (Å²) >= 11 is 0. The predicted octanol–water partition coefficient (Wildman–Crippen LogP) is 3.36. The number of imidazole rings is 1. The zero-order chi connectivity index (χ0) is 22.6. The average Bonchev–Trinajstić information content (AvgIpc) is 3.09. The lowest BCUT2D eigenvalue weighted by Crippen LogP contribution is -2.30. The van der Waals surface area contributed by atoms with E-state index in [9.17, 15) is 13.2 Å². The number of benzene rings is 1. The second-order valence-corrected chi connectivity index (χ2v) is 9.18. The molecule has 1 N–H and O–H groups in total. The van der Waals surface area contributed by atoms with Crippen LogP contribution in [0.15, 0.2) is 41.4 Å². The Morgan fingerprint density at radius 1 is 1.13 bits per heavy atom. The molecule has 0 aliphatic carbocycles. The van der Waals surface area contributed by atoms with Gasteiger partial charge in [0.1, 0.15) is 5.82 Å². The normalized spacial score (nSPS) is 11.9. The maximum absolute atomic E-state index is 12.8. The molecule has 3 aromatic rings. The number of carbonyl (C=O) groups is 1. The van der Waals surface area contributed by atoms with Gasteiger partial charge >= 0.3 is 0 Å². The average molecular weight is 444 g/mol. The van der Waals surface area contributed by atoms with Crippen LogP contribution in [0.2, 0.25) is 0 Å². The molecule has 1 amide bonds. The van der Waals surface area contributed by atoms with Crippen molar-refractivity contribution in [3.63, 3.8) is 0 Å². The highest BCUT2D eigenvalue weighted by atomic mass is 32.2. The van der Waals surface area contributed by atoms with Gasteiger partial charge < -0.3 is 9.88 Å². The standard InChI is InChI=1S/C22H29N5O3S/c1-5-26(6-2)31(29,30)18-8-9-20-19(15-18)25-21(27(20)7-3)10-11-22(28)24-17-12-13-23-16(4)14-17/h8-9,12-15H,5-7,10-11H2,1-4H3,(H,23,24,28). The van der Waals surface area contributed by atoms with Crippen LogP contribution >= 0.6 is 0 Å². The second-order valence-electron chi connectivity index (χ2n) is 7.25. The molecular weight excluding hydrogens is 414 g/mol. The van der Waals surface area contributed by atoms with E-state index in [1.807, 2.05) is 38.3 Å². The van der Waals surface area contributed by atoms with Gasteiger partial charge in [0.05, 0.1) is 15.9 Å². The molecule has 9 heteroatoms. The van der Waals surface area contributed by atoms with E-state index in [-0.39, 0.29) is 17.2 Å². The van der Waals surface area contributed by atoms with Gasteiger partial charge in [-0.2, -0.15) is 4.31 Å². The minimum Gasteiger partial charge on any atom is -0.328 e. The van der Waals surface area contributed by atoms with Crippen LogP contribution in [0.4, 0.5) is 5.69 Å². The summed E-state index contributed by atoms with van der Waals surface area (Å²) < 4.78 is 29.1. The van der Waals surface area contributed by atoms with Crippen molar-refractivity contribution in [2.75, 3.05) is 18.4 Å². The summed E-state index contributed by atoms with van der Waals surface area (Å²) in [5.41, 5.74) is 3.03. The molecule has 2 aromatic heterocycles. The molecule has 1 aromatic carbocycles.